The number of carbonyl (C=O) groups is 2. The molecule has 17 heavy (non-hydrogen) atoms. The molecule has 1 saturated heterocycles. The average Bonchev–Trinajstić information content (AvgIpc) is 2.27. The summed E-state index contributed by atoms with van der Waals surface area (Å²) < 4.78 is 41.8. The highest BCUT2D eigenvalue weighted by Gasteiger charge is 2.45. The Bertz CT molecular complexity index is 308. The molecule has 1 fully saturated rings. The zero-order chi connectivity index (χ0) is 13.1. The molecule has 0 saturated carbocycles. The van der Waals surface area contributed by atoms with Crippen molar-refractivity contribution in [3.63, 3.8) is 0 Å². The topological polar surface area (TPSA) is 46.6 Å². The van der Waals surface area contributed by atoms with Gasteiger partial charge in [-0.25, -0.2) is 0 Å². The molecule has 0 aromatic carbocycles. The second kappa shape index (κ2) is 5.68. The Balaban J connectivity index is 2.72. The third-order valence-electron chi connectivity index (χ3n) is 2.34. The minimum atomic E-state index is -4.93. The van der Waals surface area contributed by atoms with Gasteiger partial charge in [0.25, 0.3) is 0 Å². The molecule has 1 aliphatic heterocycles. The van der Waals surface area contributed by atoms with Crippen LogP contribution in [0, 0.1) is 0 Å². The van der Waals surface area contributed by atoms with Gasteiger partial charge in [0, 0.05) is 13.0 Å². The van der Waals surface area contributed by atoms with Gasteiger partial charge >= 0.3 is 12.1 Å². The van der Waals surface area contributed by atoms with E-state index in [4.69, 9.17) is 16.3 Å². The van der Waals surface area contributed by atoms with Gasteiger partial charge in [-0.05, 0) is 0 Å². The fourth-order valence-electron chi connectivity index (χ4n) is 1.57. The van der Waals surface area contributed by atoms with E-state index in [1.54, 1.807) is 0 Å². The van der Waals surface area contributed by atoms with Crippen LogP contribution in [0.1, 0.15) is 6.42 Å². The van der Waals surface area contributed by atoms with E-state index < -0.39 is 23.9 Å². The predicted molar refractivity (Wildman–Crippen MR) is 52.7 cm³/mol. The molecule has 1 rings (SSSR count). The maximum absolute atomic E-state index is 12.3. The number of ketones is 1. The number of ether oxygens (including phenoxy) is 1. The molecule has 4 nitrogen and oxygen atoms in total. The number of halogens is 4. The number of amides is 1. The Labute approximate surface area is 101 Å². The van der Waals surface area contributed by atoms with Crippen LogP contribution < -0.4 is 0 Å². The average molecular weight is 274 g/mol. The van der Waals surface area contributed by atoms with Gasteiger partial charge in [0.05, 0.1) is 25.1 Å². The summed E-state index contributed by atoms with van der Waals surface area (Å²) in [4.78, 5) is 22.8. The maximum Gasteiger partial charge on any atom is 0.471 e. The van der Waals surface area contributed by atoms with E-state index in [0.29, 0.717) is 4.90 Å². The van der Waals surface area contributed by atoms with Crippen molar-refractivity contribution in [3.05, 3.63) is 0 Å². The third kappa shape index (κ3) is 3.85. The molecule has 1 aliphatic rings. The highest BCUT2D eigenvalue weighted by Crippen LogP contribution is 2.22. The molecule has 0 radical (unpaired) electrons. The first kappa shape index (κ1) is 14.2. The Hall–Kier alpha value is -0.820. The van der Waals surface area contributed by atoms with E-state index in [2.05, 4.69) is 0 Å². The summed E-state index contributed by atoms with van der Waals surface area (Å²) in [5.41, 5.74) is 0. The lowest BCUT2D eigenvalue weighted by atomic mass is 10.1. The SMILES string of the molecule is O=C(CCl)CC1COCCN1C(=O)C(F)(F)F. The van der Waals surface area contributed by atoms with Crippen LogP contribution in [-0.2, 0) is 14.3 Å². The number of alkyl halides is 4. The molecule has 1 amide bonds. The fourth-order valence-corrected chi connectivity index (χ4v) is 1.68. The monoisotopic (exact) mass is 273 g/mol. The minimum absolute atomic E-state index is 0.0351. The third-order valence-corrected chi connectivity index (χ3v) is 2.64. The first-order valence-electron chi connectivity index (χ1n) is 4.89. The molecule has 0 bridgehead atoms. The van der Waals surface area contributed by atoms with E-state index >= 15 is 0 Å². The zero-order valence-corrected chi connectivity index (χ0v) is 9.55. The van der Waals surface area contributed by atoms with Gasteiger partial charge in [-0.1, -0.05) is 0 Å². The first-order chi connectivity index (χ1) is 7.86. The van der Waals surface area contributed by atoms with Crippen molar-refractivity contribution in [2.45, 2.75) is 18.6 Å². The molecular weight excluding hydrogens is 263 g/mol. The Morgan fingerprint density at radius 2 is 2.06 bits per heavy atom. The number of morpholine rings is 1. The van der Waals surface area contributed by atoms with Crippen LogP contribution in [0.2, 0.25) is 0 Å². The summed E-state index contributed by atoms with van der Waals surface area (Å²) in [7, 11) is 0. The van der Waals surface area contributed by atoms with E-state index in [9.17, 15) is 22.8 Å². The van der Waals surface area contributed by atoms with Crippen LogP contribution >= 0.6 is 11.6 Å². The number of Topliss-reactive ketones (excluding diaryl/α,β-unsaturated/α-hetero) is 1. The van der Waals surface area contributed by atoms with Crippen molar-refractivity contribution >= 4 is 23.3 Å². The summed E-state index contributed by atoms with van der Waals surface area (Å²) in [6.45, 7) is -0.212. The van der Waals surface area contributed by atoms with Gasteiger partial charge in [0.15, 0.2) is 0 Å². The Morgan fingerprint density at radius 1 is 1.41 bits per heavy atom. The van der Waals surface area contributed by atoms with Crippen LogP contribution in [0.5, 0.6) is 0 Å². The van der Waals surface area contributed by atoms with Crippen molar-refractivity contribution in [1.29, 1.82) is 0 Å². The van der Waals surface area contributed by atoms with E-state index in [-0.39, 0.29) is 32.1 Å². The van der Waals surface area contributed by atoms with Crippen LogP contribution in [0.15, 0.2) is 0 Å². The zero-order valence-electron chi connectivity index (χ0n) is 8.80. The van der Waals surface area contributed by atoms with E-state index in [1.165, 1.54) is 0 Å². The molecule has 0 N–H and O–H groups in total. The summed E-state index contributed by atoms with van der Waals surface area (Å²) in [6, 6.07) is -0.885. The largest absolute Gasteiger partial charge is 0.471 e. The molecule has 1 heterocycles. The van der Waals surface area contributed by atoms with E-state index in [1.807, 2.05) is 0 Å². The minimum Gasteiger partial charge on any atom is -0.377 e. The number of rotatable bonds is 3. The Kier molecular flexibility index (Phi) is 4.76. The first-order valence-corrected chi connectivity index (χ1v) is 5.43. The van der Waals surface area contributed by atoms with Gasteiger partial charge in [-0.15, -0.1) is 11.6 Å². The van der Waals surface area contributed by atoms with Gasteiger partial charge < -0.3 is 9.64 Å². The van der Waals surface area contributed by atoms with Crippen LogP contribution in [0.3, 0.4) is 0 Å². The second-order valence-corrected chi connectivity index (χ2v) is 3.87. The van der Waals surface area contributed by atoms with Crippen LogP contribution in [0.4, 0.5) is 13.2 Å². The lowest BCUT2D eigenvalue weighted by molar-refractivity contribution is -0.193. The van der Waals surface area contributed by atoms with Gasteiger partial charge in [-0.2, -0.15) is 13.2 Å². The normalized spacial score (nSPS) is 21.4. The van der Waals surface area contributed by atoms with Crippen molar-refractivity contribution in [3.8, 4) is 0 Å². The predicted octanol–water partition coefficient (Wildman–Crippen LogP) is 0.974. The second-order valence-electron chi connectivity index (χ2n) is 3.60. The van der Waals surface area contributed by atoms with Crippen molar-refractivity contribution in [2.75, 3.05) is 25.6 Å². The van der Waals surface area contributed by atoms with Gasteiger partial charge in [-0.3, -0.25) is 9.59 Å². The molecule has 0 aromatic rings. The molecular formula is C9H11ClF3NO3. The highest BCUT2D eigenvalue weighted by molar-refractivity contribution is 6.27. The quantitative estimate of drug-likeness (QED) is 0.720. The summed E-state index contributed by atoms with van der Waals surface area (Å²) in [6.07, 6.45) is -5.15. The fraction of sp³-hybridized carbons (Fsp3) is 0.778. The maximum atomic E-state index is 12.3. The molecule has 0 spiro atoms. The van der Waals surface area contributed by atoms with Crippen LogP contribution in [-0.4, -0.2) is 54.4 Å². The number of hydrogen-bond acceptors (Lipinski definition) is 3. The molecule has 0 aromatic heterocycles. The standard InChI is InChI=1S/C9H11ClF3NO3/c10-4-7(15)3-6-5-17-2-1-14(6)8(16)9(11,12)13/h6H,1-5H2. The number of nitrogens with zero attached hydrogens (tertiary/aromatic N) is 1. The Morgan fingerprint density at radius 3 is 2.59 bits per heavy atom. The summed E-state index contributed by atoms with van der Waals surface area (Å²) >= 11 is 5.27. The van der Waals surface area contributed by atoms with Crippen molar-refractivity contribution in [2.24, 2.45) is 0 Å². The van der Waals surface area contributed by atoms with Crippen molar-refractivity contribution in [1.82, 2.24) is 4.90 Å². The molecule has 1 atom stereocenters. The van der Waals surface area contributed by atoms with E-state index in [0.717, 1.165) is 0 Å². The highest BCUT2D eigenvalue weighted by atomic mass is 35.5. The molecule has 0 aliphatic carbocycles. The lowest BCUT2D eigenvalue weighted by Crippen LogP contribution is -2.53. The lowest BCUT2D eigenvalue weighted by Gasteiger charge is -2.35. The summed E-state index contributed by atoms with van der Waals surface area (Å²) in [5, 5.41) is 0. The number of carbonyl (C=O) groups excluding carboxylic acids is 2. The summed E-state index contributed by atoms with van der Waals surface area (Å²) in [5.74, 6) is -2.64. The molecule has 8 heteroatoms. The smallest absolute Gasteiger partial charge is 0.377 e. The molecule has 1 unspecified atom stereocenters. The van der Waals surface area contributed by atoms with Crippen molar-refractivity contribution < 1.29 is 27.5 Å². The van der Waals surface area contributed by atoms with Gasteiger partial charge in [0.1, 0.15) is 5.78 Å². The molecule has 98 valence electrons. The van der Waals surface area contributed by atoms with Gasteiger partial charge in [0.2, 0.25) is 0 Å². The number of hydrogen-bond donors (Lipinski definition) is 0. The van der Waals surface area contributed by atoms with Crippen LogP contribution in [0.25, 0.3) is 0 Å².